The molecule has 1 aromatic rings. The zero-order valence-corrected chi connectivity index (χ0v) is 13.2. The van der Waals surface area contributed by atoms with Gasteiger partial charge in [-0.3, -0.25) is 9.80 Å². The highest BCUT2D eigenvalue weighted by atomic mass is 79.9. The number of hydrogen-bond donors (Lipinski definition) is 0. The first kappa shape index (κ1) is 13.1. The van der Waals surface area contributed by atoms with Crippen molar-refractivity contribution in [3.8, 4) is 0 Å². The minimum atomic E-state index is 0.640. The fourth-order valence-electron chi connectivity index (χ4n) is 3.64. The predicted molar refractivity (Wildman–Crippen MR) is 82.9 cm³/mol. The zero-order chi connectivity index (χ0) is 13.5. The maximum Gasteiger partial charge on any atom is 0.100 e. The average molecular weight is 338 g/mol. The van der Waals surface area contributed by atoms with Gasteiger partial charge in [0.2, 0.25) is 0 Å². The van der Waals surface area contributed by atoms with E-state index in [2.05, 4.69) is 48.8 Å². The molecule has 3 aliphatic rings. The molecule has 3 heterocycles. The molecule has 5 heteroatoms. The third-order valence-corrected chi connectivity index (χ3v) is 5.38. The summed E-state index contributed by atoms with van der Waals surface area (Å²) in [6.07, 6.45) is 1.17. The maximum absolute atomic E-state index is 5.43. The molecule has 1 aromatic carbocycles. The summed E-state index contributed by atoms with van der Waals surface area (Å²) in [5.74, 6) is 0. The topological polar surface area (TPSA) is 19.0 Å². The Morgan fingerprint density at radius 1 is 1.20 bits per heavy atom. The Morgan fingerprint density at radius 2 is 2.15 bits per heavy atom. The summed E-state index contributed by atoms with van der Waals surface area (Å²) >= 11 is 3.70. The van der Waals surface area contributed by atoms with Crippen LogP contribution in [-0.4, -0.2) is 62.0 Å². The molecule has 0 unspecified atom stereocenters. The van der Waals surface area contributed by atoms with Crippen molar-refractivity contribution in [1.82, 2.24) is 9.80 Å². The number of rotatable bonds is 2. The standard InChI is InChI=1S/C15H20BrN3O/c16-14-2-1-3-15-13(14)8-12-9-17(4-5-19(12)15)10-18-6-7-20-11-18/h1-3,12H,4-11H2/t12-/m1/s1. The van der Waals surface area contributed by atoms with Crippen LogP contribution in [-0.2, 0) is 11.2 Å². The summed E-state index contributed by atoms with van der Waals surface area (Å²) in [4.78, 5) is 7.57. The van der Waals surface area contributed by atoms with Crippen molar-refractivity contribution in [3.63, 3.8) is 0 Å². The average Bonchev–Trinajstić information content (AvgIpc) is 3.06. The molecular formula is C15H20BrN3O. The van der Waals surface area contributed by atoms with Gasteiger partial charge in [-0.05, 0) is 24.1 Å². The smallest absolute Gasteiger partial charge is 0.100 e. The first-order valence-corrected chi connectivity index (χ1v) is 8.17. The van der Waals surface area contributed by atoms with Crippen LogP contribution in [0.1, 0.15) is 5.56 Å². The van der Waals surface area contributed by atoms with Crippen LogP contribution in [0.15, 0.2) is 22.7 Å². The van der Waals surface area contributed by atoms with Gasteiger partial charge < -0.3 is 9.64 Å². The second-order valence-electron chi connectivity index (χ2n) is 5.94. The lowest BCUT2D eigenvalue weighted by atomic mass is 10.1. The molecule has 3 aliphatic heterocycles. The minimum Gasteiger partial charge on any atom is -0.365 e. The number of halogens is 1. The van der Waals surface area contributed by atoms with Crippen molar-refractivity contribution in [3.05, 3.63) is 28.2 Å². The molecule has 2 saturated heterocycles. The molecule has 2 fully saturated rings. The summed E-state index contributed by atoms with van der Waals surface area (Å²) in [5, 5.41) is 0. The Hall–Kier alpha value is -0.620. The van der Waals surface area contributed by atoms with Crippen LogP contribution in [0.4, 0.5) is 5.69 Å². The highest BCUT2D eigenvalue weighted by Gasteiger charge is 2.35. The molecule has 0 aliphatic carbocycles. The normalized spacial score (nSPS) is 26.9. The predicted octanol–water partition coefficient (Wildman–Crippen LogP) is 1.74. The highest BCUT2D eigenvalue weighted by Crippen LogP contribution is 2.38. The maximum atomic E-state index is 5.43. The van der Waals surface area contributed by atoms with Gasteiger partial charge in [-0.25, -0.2) is 0 Å². The van der Waals surface area contributed by atoms with Gasteiger partial charge in [-0.15, -0.1) is 0 Å². The fraction of sp³-hybridized carbons (Fsp3) is 0.600. The number of nitrogens with zero attached hydrogens (tertiary/aromatic N) is 3. The lowest BCUT2D eigenvalue weighted by Gasteiger charge is -2.40. The minimum absolute atomic E-state index is 0.640. The summed E-state index contributed by atoms with van der Waals surface area (Å²) in [5.41, 5.74) is 2.93. The van der Waals surface area contributed by atoms with Gasteiger partial charge in [0.05, 0.1) is 13.3 Å². The van der Waals surface area contributed by atoms with Crippen LogP contribution in [0, 0.1) is 0 Å². The number of fused-ring (bicyclic) bond motifs is 3. The Labute approximate surface area is 128 Å². The summed E-state index contributed by atoms with van der Waals surface area (Å²) in [6, 6.07) is 7.22. The molecule has 1 atom stereocenters. The van der Waals surface area contributed by atoms with E-state index in [4.69, 9.17) is 4.74 Å². The zero-order valence-electron chi connectivity index (χ0n) is 11.6. The molecule has 20 heavy (non-hydrogen) atoms. The van der Waals surface area contributed by atoms with Crippen LogP contribution in [0.2, 0.25) is 0 Å². The quantitative estimate of drug-likeness (QED) is 0.818. The molecule has 4 nitrogen and oxygen atoms in total. The Morgan fingerprint density at radius 3 is 3.00 bits per heavy atom. The number of piperazine rings is 1. The molecule has 0 saturated carbocycles. The van der Waals surface area contributed by atoms with Crippen LogP contribution < -0.4 is 4.90 Å². The third kappa shape index (κ3) is 2.26. The van der Waals surface area contributed by atoms with Gasteiger partial charge in [0, 0.05) is 42.4 Å². The van der Waals surface area contributed by atoms with Gasteiger partial charge in [-0.2, -0.15) is 0 Å². The molecule has 0 N–H and O–H groups in total. The summed E-state index contributed by atoms with van der Waals surface area (Å²) < 4.78 is 6.70. The molecule has 4 rings (SSSR count). The molecule has 0 amide bonds. The second-order valence-corrected chi connectivity index (χ2v) is 6.79. The van der Waals surface area contributed by atoms with Crippen LogP contribution >= 0.6 is 15.9 Å². The Balaban J connectivity index is 1.45. The Bertz CT molecular complexity index is 504. The van der Waals surface area contributed by atoms with Crippen LogP contribution in [0.25, 0.3) is 0 Å². The van der Waals surface area contributed by atoms with E-state index in [1.54, 1.807) is 0 Å². The van der Waals surface area contributed by atoms with E-state index in [0.29, 0.717) is 6.04 Å². The van der Waals surface area contributed by atoms with Crippen molar-refractivity contribution in [2.75, 3.05) is 51.1 Å². The van der Waals surface area contributed by atoms with E-state index in [9.17, 15) is 0 Å². The van der Waals surface area contributed by atoms with E-state index in [-0.39, 0.29) is 0 Å². The molecule has 0 radical (unpaired) electrons. The van der Waals surface area contributed by atoms with Crippen molar-refractivity contribution in [2.45, 2.75) is 12.5 Å². The number of anilines is 1. The van der Waals surface area contributed by atoms with E-state index < -0.39 is 0 Å². The molecule has 108 valence electrons. The fourth-order valence-corrected chi connectivity index (χ4v) is 4.16. The van der Waals surface area contributed by atoms with Crippen LogP contribution in [0.3, 0.4) is 0 Å². The molecule has 0 aromatic heterocycles. The Kier molecular flexibility index (Phi) is 3.46. The van der Waals surface area contributed by atoms with Crippen molar-refractivity contribution in [1.29, 1.82) is 0 Å². The number of benzene rings is 1. The van der Waals surface area contributed by atoms with Gasteiger partial charge in [0.25, 0.3) is 0 Å². The van der Waals surface area contributed by atoms with E-state index in [1.165, 1.54) is 22.1 Å². The number of hydrogen-bond acceptors (Lipinski definition) is 4. The summed E-state index contributed by atoms with van der Waals surface area (Å²) in [6.45, 7) is 7.29. The monoisotopic (exact) mass is 337 g/mol. The lowest BCUT2D eigenvalue weighted by molar-refractivity contribution is 0.0822. The van der Waals surface area contributed by atoms with Gasteiger partial charge in [-0.1, -0.05) is 22.0 Å². The van der Waals surface area contributed by atoms with Crippen LogP contribution in [0.5, 0.6) is 0 Å². The molecular weight excluding hydrogens is 318 g/mol. The highest BCUT2D eigenvalue weighted by molar-refractivity contribution is 9.10. The lowest BCUT2D eigenvalue weighted by Crippen LogP contribution is -2.54. The van der Waals surface area contributed by atoms with E-state index in [1.807, 2.05) is 0 Å². The summed E-state index contributed by atoms with van der Waals surface area (Å²) in [7, 11) is 0. The second kappa shape index (κ2) is 5.30. The molecule has 0 bridgehead atoms. The first-order chi connectivity index (χ1) is 9.81. The van der Waals surface area contributed by atoms with E-state index >= 15 is 0 Å². The largest absolute Gasteiger partial charge is 0.365 e. The SMILES string of the molecule is Brc1cccc2c1C[C@@H]1CN(CN3CCOC3)CCN21. The number of ether oxygens (including phenoxy) is 1. The first-order valence-electron chi connectivity index (χ1n) is 7.38. The molecule has 0 spiro atoms. The van der Waals surface area contributed by atoms with Gasteiger partial charge in [0.15, 0.2) is 0 Å². The van der Waals surface area contributed by atoms with Gasteiger partial charge in [0.1, 0.15) is 6.73 Å². The van der Waals surface area contributed by atoms with Crippen molar-refractivity contribution < 1.29 is 4.74 Å². The van der Waals surface area contributed by atoms with Crippen molar-refractivity contribution in [2.24, 2.45) is 0 Å². The van der Waals surface area contributed by atoms with Gasteiger partial charge >= 0.3 is 0 Å². The van der Waals surface area contributed by atoms with Crippen molar-refractivity contribution >= 4 is 21.6 Å². The third-order valence-electron chi connectivity index (χ3n) is 4.64. The van der Waals surface area contributed by atoms with E-state index in [0.717, 1.165) is 46.2 Å².